The molecule has 0 aliphatic carbocycles. The molecular formula is C26H25N5O4. The van der Waals surface area contributed by atoms with E-state index in [1.165, 1.54) is 10.5 Å². The van der Waals surface area contributed by atoms with Crippen molar-refractivity contribution in [2.24, 2.45) is 0 Å². The predicted octanol–water partition coefficient (Wildman–Crippen LogP) is 2.26. The highest BCUT2D eigenvalue weighted by Crippen LogP contribution is 2.33. The van der Waals surface area contributed by atoms with Crippen molar-refractivity contribution in [3.63, 3.8) is 0 Å². The molecule has 4 heterocycles. The SMILES string of the molecule is N#C/C(=C/c1c(N2CCC3(CC2)OCCO3)nc2ccccn2c1=O)C(=O)NCc1ccccc1. The Bertz CT molecular complexity index is 1360. The molecule has 1 aromatic carbocycles. The van der Waals surface area contributed by atoms with E-state index in [-0.39, 0.29) is 23.2 Å². The number of anilines is 1. The summed E-state index contributed by atoms with van der Waals surface area (Å²) in [5.74, 6) is -0.684. The number of pyridine rings is 1. The van der Waals surface area contributed by atoms with Gasteiger partial charge in [-0.3, -0.25) is 14.0 Å². The van der Waals surface area contributed by atoms with Gasteiger partial charge in [-0.05, 0) is 23.8 Å². The van der Waals surface area contributed by atoms with E-state index in [9.17, 15) is 14.9 Å². The van der Waals surface area contributed by atoms with Gasteiger partial charge in [0, 0.05) is 38.7 Å². The Balaban J connectivity index is 1.48. The molecule has 3 aromatic rings. The van der Waals surface area contributed by atoms with Crippen LogP contribution in [0.3, 0.4) is 0 Å². The normalized spacial score (nSPS) is 17.5. The second kappa shape index (κ2) is 9.70. The van der Waals surface area contributed by atoms with Gasteiger partial charge in [-0.25, -0.2) is 4.98 Å². The third-order valence-electron chi connectivity index (χ3n) is 6.34. The Morgan fingerprint density at radius 3 is 2.54 bits per heavy atom. The third-order valence-corrected chi connectivity index (χ3v) is 6.34. The lowest BCUT2D eigenvalue weighted by Gasteiger charge is -2.38. The van der Waals surface area contributed by atoms with Crippen molar-refractivity contribution >= 4 is 23.4 Å². The molecular weight excluding hydrogens is 446 g/mol. The number of hydrogen-bond acceptors (Lipinski definition) is 7. The lowest BCUT2D eigenvalue weighted by Crippen LogP contribution is -2.46. The molecule has 1 amide bonds. The van der Waals surface area contributed by atoms with Crippen molar-refractivity contribution in [3.8, 4) is 6.07 Å². The van der Waals surface area contributed by atoms with E-state index in [0.29, 0.717) is 50.6 Å². The van der Waals surface area contributed by atoms with Gasteiger partial charge in [0.25, 0.3) is 11.5 Å². The number of fused-ring (bicyclic) bond motifs is 1. The average Bonchev–Trinajstić information content (AvgIpc) is 3.35. The molecule has 0 bridgehead atoms. The molecule has 0 radical (unpaired) electrons. The Morgan fingerprint density at radius 1 is 1.11 bits per heavy atom. The summed E-state index contributed by atoms with van der Waals surface area (Å²) in [6.45, 7) is 2.56. The number of nitrogens with one attached hydrogen (secondary N) is 1. The summed E-state index contributed by atoms with van der Waals surface area (Å²) >= 11 is 0. The Hall–Kier alpha value is -4.00. The van der Waals surface area contributed by atoms with Gasteiger partial charge in [0.05, 0.1) is 18.8 Å². The number of aromatic nitrogens is 2. The van der Waals surface area contributed by atoms with Crippen LogP contribution in [-0.2, 0) is 20.8 Å². The van der Waals surface area contributed by atoms with Crippen LogP contribution in [0.15, 0.2) is 65.1 Å². The first-order valence-corrected chi connectivity index (χ1v) is 11.6. The van der Waals surface area contributed by atoms with Gasteiger partial charge in [-0.15, -0.1) is 0 Å². The highest BCUT2D eigenvalue weighted by atomic mass is 16.7. The number of benzene rings is 1. The number of piperidine rings is 1. The van der Waals surface area contributed by atoms with Gasteiger partial charge in [-0.1, -0.05) is 36.4 Å². The molecule has 2 aliphatic heterocycles. The third kappa shape index (κ3) is 4.67. The number of nitrogens with zero attached hydrogens (tertiary/aromatic N) is 4. The standard InChI is InChI=1S/C26H25N5O4/c27-17-20(24(32)28-18-19-6-2-1-3-7-19)16-21-23(29-22-8-4-5-11-31(22)25(21)33)30-12-9-26(10-13-30)34-14-15-35-26/h1-8,11,16H,9-10,12-15,18H2,(H,28,32)/b20-16-. The quantitative estimate of drug-likeness (QED) is 0.449. The molecule has 2 fully saturated rings. The molecule has 9 nitrogen and oxygen atoms in total. The molecule has 9 heteroatoms. The minimum absolute atomic E-state index is 0.159. The highest BCUT2D eigenvalue weighted by molar-refractivity contribution is 6.02. The van der Waals surface area contributed by atoms with Crippen LogP contribution in [-0.4, -0.2) is 47.4 Å². The topological polar surface area (TPSA) is 109 Å². The number of hydrogen-bond donors (Lipinski definition) is 1. The molecule has 0 saturated carbocycles. The second-order valence-corrected chi connectivity index (χ2v) is 8.52. The van der Waals surface area contributed by atoms with Crippen molar-refractivity contribution in [1.82, 2.24) is 14.7 Å². The van der Waals surface area contributed by atoms with Crippen molar-refractivity contribution < 1.29 is 14.3 Å². The molecule has 178 valence electrons. The van der Waals surface area contributed by atoms with Crippen molar-refractivity contribution in [3.05, 3.63) is 81.8 Å². The summed E-state index contributed by atoms with van der Waals surface area (Å²) in [6, 6.07) is 16.7. The van der Waals surface area contributed by atoms with E-state index in [1.54, 1.807) is 18.3 Å². The smallest absolute Gasteiger partial charge is 0.267 e. The zero-order valence-corrected chi connectivity index (χ0v) is 19.1. The molecule has 2 aromatic heterocycles. The molecule has 5 rings (SSSR count). The first-order chi connectivity index (χ1) is 17.1. The number of rotatable bonds is 5. The van der Waals surface area contributed by atoms with Gasteiger partial charge in [-0.2, -0.15) is 5.26 Å². The minimum atomic E-state index is -0.576. The summed E-state index contributed by atoms with van der Waals surface area (Å²) in [7, 11) is 0. The summed E-state index contributed by atoms with van der Waals surface area (Å²) < 4.78 is 13.1. The molecule has 0 atom stereocenters. The first kappa shape index (κ1) is 22.8. The van der Waals surface area contributed by atoms with E-state index < -0.39 is 11.7 Å². The predicted molar refractivity (Wildman–Crippen MR) is 129 cm³/mol. The van der Waals surface area contributed by atoms with Crippen LogP contribution < -0.4 is 15.8 Å². The van der Waals surface area contributed by atoms with Crippen LogP contribution in [0.4, 0.5) is 5.82 Å². The lowest BCUT2D eigenvalue weighted by molar-refractivity contribution is -0.169. The van der Waals surface area contributed by atoms with E-state index in [1.807, 2.05) is 47.4 Å². The fourth-order valence-corrected chi connectivity index (χ4v) is 4.47. The molecule has 1 spiro atoms. The summed E-state index contributed by atoms with van der Waals surface area (Å²) in [4.78, 5) is 33.0. The van der Waals surface area contributed by atoms with E-state index in [4.69, 9.17) is 14.5 Å². The monoisotopic (exact) mass is 471 g/mol. The fourth-order valence-electron chi connectivity index (χ4n) is 4.47. The Morgan fingerprint density at radius 2 is 1.83 bits per heavy atom. The van der Waals surface area contributed by atoms with Crippen molar-refractivity contribution in [2.75, 3.05) is 31.2 Å². The molecule has 2 aliphatic rings. The van der Waals surface area contributed by atoms with Crippen LogP contribution in [0.2, 0.25) is 0 Å². The summed E-state index contributed by atoms with van der Waals surface area (Å²) in [6.07, 6.45) is 4.24. The fraction of sp³-hybridized carbons (Fsp3) is 0.308. The maximum atomic E-state index is 13.5. The minimum Gasteiger partial charge on any atom is -0.355 e. The van der Waals surface area contributed by atoms with Gasteiger partial charge in [0.15, 0.2) is 5.79 Å². The molecule has 35 heavy (non-hydrogen) atoms. The number of carbonyl (C=O) groups excluding carboxylic acids is 1. The summed E-state index contributed by atoms with van der Waals surface area (Å²) in [5, 5.41) is 12.5. The van der Waals surface area contributed by atoms with E-state index in [2.05, 4.69) is 5.32 Å². The molecule has 2 saturated heterocycles. The maximum absolute atomic E-state index is 13.5. The number of ether oxygens (including phenoxy) is 2. The number of amides is 1. The van der Waals surface area contributed by atoms with E-state index >= 15 is 0 Å². The van der Waals surface area contributed by atoms with Crippen LogP contribution in [0, 0.1) is 11.3 Å². The molecule has 0 unspecified atom stereocenters. The Labute approximate surface area is 202 Å². The lowest BCUT2D eigenvalue weighted by atomic mass is 10.0. The van der Waals surface area contributed by atoms with E-state index in [0.717, 1.165) is 5.56 Å². The zero-order chi connectivity index (χ0) is 24.3. The van der Waals surface area contributed by atoms with Crippen LogP contribution in [0.1, 0.15) is 24.0 Å². The van der Waals surface area contributed by atoms with Gasteiger partial charge in [0.2, 0.25) is 0 Å². The van der Waals surface area contributed by atoms with Crippen LogP contribution >= 0.6 is 0 Å². The van der Waals surface area contributed by atoms with Crippen molar-refractivity contribution in [2.45, 2.75) is 25.2 Å². The second-order valence-electron chi connectivity index (χ2n) is 8.52. The average molecular weight is 472 g/mol. The van der Waals surface area contributed by atoms with Crippen molar-refractivity contribution in [1.29, 1.82) is 5.26 Å². The molecule has 1 N–H and O–H groups in total. The first-order valence-electron chi connectivity index (χ1n) is 11.6. The zero-order valence-electron chi connectivity index (χ0n) is 19.1. The maximum Gasteiger partial charge on any atom is 0.267 e. The Kier molecular flexibility index (Phi) is 6.31. The van der Waals surface area contributed by atoms with Crippen LogP contribution in [0.5, 0.6) is 0 Å². The van der Waals surface area contributed by atoms with Crippen LogP contribution in [0.25, 0.3) is 11.7 Å². The highest BCUT2D eigenvalue weighted by Gasteiger charge is 2.40. The van der Waals surface area contributed by atoms with Gasteiger partial charge >= 0.3 is 0 Å². The van der Waals surface area contributed by atoms with Gasteiger partial charge in [0.1, 0.15) is 23.1 Å². The number of nitriles is 1. The van der Waals surface area contributed by atoms with Gasteiger partial charge < -0.3 is 19.7 Å². The summed E-state index contributed by atoms with van der Waals surface area (Å²) in [5.41, 5.74) is 1.09. The largest absolute Gasteiger partial charge is 0.355 e. The number of carbonyl (C=O) groups is 1.